The minimum absolute atomic E-state index is 0.00811. The fourth-order valence-corrected chi connectivity index (χ4v) is 1.92. The van der Waals surface area contributed by atoms with Gasteiger partial charge in [-0.2, -0.15) is 5.26 Å². The van der Waals surface area contributed by atoms with E-state index in [0.717, 1.165) is 12.1 Å². The minimum Gasteiger partial charge on any atom is -0.487 e. The zero-order valence-corrected chi connectivity index (χ0v) is 12.2. The van der Waals surface area contributed by atoms with Gasteiger partial charge in [0.2, 0.25) is 0 Å². The average Bonchev–Trinajstić information content (AvgIpc) is 2.39. The van der Waals surface area contributed by atoms with Crippen LogP contribution in [0.1, 0.15) is 27.2 Å². The second kappa shape index (κ2) is 6.99. The molecule has 0 saturated heterocycles. The van der Waals surface area contributed by atoms with E-state index in [1.807, 2.05) is 13.8 Å². The third-order valence-electron chi connectivity index (χ3n) is 2.83. The van der Waals surface area contributed by atoms with E-state index in [1.54, 1.807) is 6.92 Å². The Morgan fingerprint density at radius 1 is 1.57 bits per heavy atom. The number of benzene rings is 1. The SMILES string of the molecule is CC(C)NC(C)(C#N)CCOc1ccc(F)cc1[N+](=O)[O-]. The normalized spacial score (nSPS) is 13.5. The number of hydrogen-bond acceptors (Lipinski definition) is 5. The second-order valence-electron chi connectivity index (χ2n) is 5.21. The number of halogens is 1. The molecule has 0 aliphatic heterocycles. The van der Waals surface area contributed by atoms with E-state index < -0.39 is 22.0 Å². The lowest BCUT2D eigenvalue weighted by molar-refractivity contribution is -0.386. The summed E-state index contributed by atoms with van der Waals surface area (Å²) in [6.45, 7) is 5.67. The molecule has 114 valence electrons. The third kappa shape index (κ3) is 5.00. The fraction of sp³-hybridized carbons (Fsp3) is 0.500. The minimum atomic E-state index is -0.789. The first-order valence-corrected chi connectivity index (χ1v) is 6.53. The largest absolute Gasteiger partial charge is 0.487 e. The molecule has 0 fully saturated rings. The highest BCUT2D eigenvalue weighted by Gasteiger charge is 2.25. The number of ether oxygens (including phenoxy) is 1. The number of nitrogens with one attached hydrogen (secondary N) is 1. The van der Waals surface area contributed by atoms with Gasteiger partial charge in [-0.15, -0.1) is 0 Å². The molecular formula is C14H18FN3O3. The number of nitro groups is 1. The highest BCUT2D eigenvalue weighted by molar-refractivity contribution is 5.46. The topological polar surface area (TPSA) is 88.2 Å². The summed E-state index contributed by atoms with van der Waals surface area (Å²) in [5.41, 5.74) is -1.21. The van der Waals surface area contributed by atoms with Gasteiger partial charge in [0, 0.05) is 12.5 Å². The van der Waals surface area contributed by atoms with E-state index in [-0.39, 0.29) is 18.4 Å². The Morgan fingerprint density at radius 3 is 2.76 bits per heavy atom. The Hall–Kier alpha value is -2.20. The van der Waals surface area contributed by atoms with Crippen molar-refractivity contribution in [3.63, 3.8) is 0 Å². The van der Waals surface area contributed by atoms with Gasteiger partial charge in [0.25, 0.3) is 0 Å². The van der Waals surface area contributed by atoms with Crippen molar-refractivity contribution >= 4 is 5.69 Å². The summed E-state index contributed by atoms with van der Waals surface area (Å²) in [4.78, 5) is 10.1. The zero-order valence-electron chi connectivity index (χ0n) is 12.2. The average molecular weight is 295 g/mol. The summed E-state index contributed by atoms with van der Waals surface area (Å²) in [5.74, 6) is -0.705. The van der Waals surface area contributed by atoms with Crippen LogP contribution in [0, 0.1) is 27.3 Å². The van der Waals surface area contributed by atoms with Gasteiger partial charge in [0.1, 0.15) is 11.4 Å². The third-order valence-corrected chi connectivity index (χ3v) is 2.83. The van der Waals surface area contributed by atoms with Crippen molar-refractivity contribution in [2.45, 2.75) is 38.8 Å². The van der Waals surface area contributed by atoms with E-state index >= 15 is 0 Å². The molecule has 7 heteroatoms. The highest BCUT2D eigenvalue weighted by Crippen LogP contribution is 2.27. The van der Waals surface area contributed by atoms with E-state index in [2.05, 4.69) is 11.4 Å². The van der Waals surface area contributed by atoms with Crippen LogP contribution in [0.5, 0.6) is 5.75 Å². The lowest BCUT2D eigenvalue weighted by Crippen LogP contribution is -2.45. The van der Waals surface area contributed by atoms with Crippen molar-refractivity contribution in [1.82, 2.24) is 5.32 Å². The van der Waals surface area contributed by atoms with Gasteiger partial charge in [-0.1, -0.05) is 0 Å². The predicted octanol–water partition coefficient (Wildman–Crippen LogP) is 2.78. The maximum absolute atomic E-state index is 13.0. The molecule has 0 aromatic heterocycles. The maximum atomic E-state index is 13.0. The number of nitriles is 1. The van der Waals surface area contributed by atoms with Crippen molar-refractivity contribution in [2.24, 2.45) is 0 Å². The first-order valence-electron chi connectivity index (χ1n) is 6.53. The van der Waals surface area contributed by atoms with Crippen molar-refractivity contribution in [1.29, 1.82) is 5.26 Å². The molecule has 1 rings (SSSR count). The lowest BCUT2D eigenvalue weighted by atomic mass is 9.99. The molecule has 1 N–H and O–H groups in total. The van der Waals surface area contributed by atoms with Gasteiger partial charge in [-0.05, 0) is 32.9 Å². The first kappa shape index (κ1) is 16.9. The molecule has 0 spiro atoms. The maximum Gasteiger partial charge on any atom is 0.313 e. The van der Waals surface area contributed by atoms with E-state index in [4.69, 9.17) is 4.74 Å². The Labute approximate surface area is 122 Å². The quantitative estimate of drug-likeness (QED) is 0.617. The van der Waals surface area contributed by atoms with Gasteiger partial charge in [-0.3, -0.25) is 15.4 Å². The first-order chi connectivity index (χ1) is 9.77. The number of nitro benzene ring substituents is 1. The molecule has 1 unspecified atom stereocenters. The molecule has 0 heterocycles. The number of hydrogen-bond donors (Lipinski definition) is 1. The summed E-state index contributed by atoms with van der Waals surface area (Å²) in [5, 5.41) is 23.1. The van der Waals surface area contributed by atoms with Crippen LogP contribution in [0.3, 0.4) is 0 Å². The van der Waals surface area contributed by atoms with Crippen LogP contribution in [0.2, 0.25) is 0 Å². The Bertz CT molecular complexity index is 557. The molecule has 0 bridgehead atoms. The monoisotopic (exact) mass is 295 g/mol. The van der Waals surface area contributed by atoms with Gasteiger partial charge in [0.05, 0.1) is 23.7 Å². The summed E-state index contributed by atoms with van der Waals surface area (Å²) < 4.78 is 18.3. The predicted molar refractivity (Wildman–Crippen MR) is 75.5 cm³/mol. The van der Waals surface area contributed by atoms with E-state index in [0.29, 0.717) is 6.42 Å². The van der Waals surface area contributed by atoms with Crippen molar-refractivity contribution < 1.29 is 14.1 Å². The molecular weight excluding hydrogens is 277 g/mol. The second-order valence-corrected chi connectivity index (χ2v) is 5.21. The van der Waals surface area contributed by atoms with Gasteiger partial charge < -0.3 is 4.74 Å². The molecule has 1 aromatic rings. The number of rotatable bonds is 7. The molecule has 21 heavy (non-hydrogen) atoms. The van der Waals surface area contributed by atoms with Crippen LogP contribution in [-0.4, -0.2) is 23.1 Å². The summed E-state index contributed by atoms with van der Waals surface area (Å²) in [6, 6.07) is 5.40. The molecule has 1 atom stereocenters. The Morgan fingerprint density at radius 2 is 2.24 bits per heavy atom. The molecule has 0 radical (unpaired) electrons. The van der Waals surface area contributed by atoms with Crippen LogP contribution in [0.4, 0.5) is 10.1 Å². The van der Waals surface area contributed by atoms with Crippen LogP contribution in [-0.2, 0) is 0 Å². The zero-order chi connectivity index (χ0) is 16.0. The molecule has 0 aliphatic rings. The van der Waals surface area contributed by atoms with Gasteiger partial charge in [0.15, 0.2) is 5.75 Å². The molecule has 6 nitrogen and oxygen atoms in total. The van der Waals surface area contributed by atoms with E-state index in [9.17, 15) is 19.8 Å². The summed E-state index contributed by atoms with van der Waals surface area (Å²) >= 11 is 0. The van der Waals surface area contributed by atoms with Crippen LogP contribution in [0.25, 0.3) is 0 Å². The summed E-state index contributed by atoms with van der Waals surface area (Å²) in [7, 11) is 0. The van der Waals surface area contributed by atoms with Gasteiger partial charge >= 0.3 is 5.69 Å². The molecule has 1 aromatic carbocycles. The van der Waals surface area contributed by atoms with Crippen molar-refractivity contribution in [3.05, 3.63) is 34.1 Å². The van der Waals surface area contributed by atoms with Crippen molar-refractivity contribution in [2.75, 3.05) is 6.61 Å². The lowest BCUT2D eigenvalue weighted by Gasteiger charge is -2.25. The standard InChI is InChI=1S/C14H18FN3O3/c1-10(2)17-14(3,9-16)6-7-21-13-5-4-11(15)8-12(13)18(19)20/h4-5,8,10,17H,6-7H2,1-3H3. The smallest absolute Gasteiger partial charge is 0.313 e. The molecule has 0 saturated carbocycles. The number of nitrogens with zero attached hydrogens (tertiary/aromatic N) is 2. The van der Waals surface area contributed by atoms with Gasteiger partial charge in [-0.25, -0.2) is 4.39 Å². The van der Waals surface area contributed by atoms with Crippen LogP contribution < -0.4 is 10.1 Å². The molecule has 0 amide bonds. The fourth-order valence-electron chi connectivity index (χ4n) is 1.92. The van der Waals surface area contributed by atoms with Crippen LogP contribution >= 0.6 is 0 Å². The van der Waals surface area contributed by atoms with Crippen LogP contribution in [0.15, 0.2) is 18.2 Å². The Kier molecular flexibility index (Phi) is 5.61. The molecule has 0 aliphatic carbocycles. The Balaban J connectivity index is 2.72. The highest BCUT2D eigenvalue weighted by atomic mass is 19.1. The van der Waals surface area contributed by atoms with Crippen molar-refractivity contribution in [3.8, 4) is 11.8 Å². The van der Waals surface area contributed by atoms with E-state index in [1.165, 1.54) is 6.07 Å². The summed E-state index contributed by atoms with van der Waals surface area (Å²) in [6.07, 6.45) is 0.343.